The lowest BCUT2D eigenvalue weighted by Gasteiger charge is -2.24. The first-order chi connectivity index (χ1) is 12.3. The lowest BCUT2D eigenvalue weighted by Crippen LogP contribution is -2.26. The first-order valence-electron chi connectivity index (χ1n) is 8.93. The van der Waals surface area contributed by atoms with Crippen molar-refractivity contribution in [1.29, 1.82) is 0 Å². The number of ether oxygens (including phenoxy) is 1. The molecule has 0 spiro atoms. The number of hydrogen-bond donors (Lipinski definition) is 0. The molecule has 0 N–H and O–H groups in total. The molecule has 3 aromatic rings. The molecule has 25 heavy (non-hydrogen) atoms. The molecule has 0 amide bonds. The molecule has 4 heteroatoms. The van der Waals surface area contributed by atoms with Gasteiger partial charge in [-0.05, 0) is 37.1 Å². The molecule has 0 saturated carbocycles. The number of methoxy groups -OCH3 is 1. The van der Waals surface area contributed by atoms with E-state index in [2.05, 4.69) is 53.2 Å². The van der Waals surface area contributed by atoms with E-state index in [4.69, 9.17) is 4.74 Å². The molecule has 1 heterocycles. The van der Waals surface area contributed by atoms with Gasteiger partial charge >= 0.3 is 0 Å². The van der Waals surface area contributed by atoms with Crippen LogP contribution in [0.25, 0.3) is 22.0 Å². The Morgan fingerprint density at radius 3 is 2.08 bits per heavy atom. The van der Waals surface area contributed by atoms with Gasteiger partial charge in [0.25, 0.3) is 0 Å². The molecule has 4 nitrogen and oxygen atoms in total. The molecule has 0 aliphatic carbocycles. The monoisotopic (exact) mass is 335 g/mol. The quantitative estimate of drug-likeness (QED) is 0.613. The highest BCUT2D eigenvalue weighted by molar-refractivity contribution is 6.00. The molecular formula is C21H25N3O. The molecule has 0 aliphatic rings. The van der Waals surface area contributed by atoms with Crippen LogP contribution >= 0.6 is 0 Å². The van der Waals surface area contributed by atoms with Crippen LogP contribution in [0.1, 0.15) is 26.7 Å². The Morgan fingerprint density at radius 1 is 0.840 bits per heavy atom. The lowest BCUT2D eigenvalue weighted by molar-refractivity contribution is 0.415. The molecule has 0 saturated heterocycles. The Morgan fingerprint density at radius 2 is 1.48 bits per heavy atom. The van der Waals surface area contributed by atoms with Crippen LogP contribution < -0.4 is 9.64 Å². The Hall–Kier alpha value is -2.62. The normalized spacial score (nSPS) is 10.8. The van der Waals surface area contributed by atoms with Crippen LogP contribution in [0.4, 0.5) is 5.82 Å². The van der Waals surface area contributed by atoms with Crippen molar-refractivity contribution >= 4 is 16.6 Å². The van der Waals surface area contributed by atoms with Gasteiger partial charge in [-0.3, -0.25) is 0 Å². The zero-order valence-corrected chi connectivity index (χ0v) is 15.2. The highest BCUT2D eigenvalue weighted by Crippen LogP contribution is 2.32. The molecule has 0 aliphatic heterocycles. The summed E-state index contributed by atoms with van der Waals surface area (Å²) in [7, 11) is 1.68. The Balaban J connectivity index is 2.11. The Kier molecular flexibility index (Phi) is 5.49. The van der Waals surface area contributed by atoms with Crippen LogP contribution in [0.5, 0.6) is 5.75 Å². The molecule has 0 bridgehead atoms. The molecule has 130 valence electrons. The van der Waals surface area contributed by atoms with Crippen molar-refractivity contribution in [2.24, 2.45) is 0 Å². The van der Waals surface area contributed by atoms with Gasteiger partial charge in [-0.1, -0.05) is 38.1 Å². The van der Waals surface area contributed by atoms with Gasteiger partial charge in [0, 0.05) is 29.4 Å². The standard InChI is InChI=1S/C21H25N3O/c1-4-14-24(15-5-2)21-19-9-7-6-8-18(19)20(22-23-21)16-10-12-17(25-3)13-11-16/h6-13H,4-5,14-15H2,1-3H3. The molecule has 0 radical (unpaired) electrons. The van der Waals surface area contributed by atoms with Gasteiger partial charge in [0.15, 0.2) is 5.82 Å². The van der Waals surface area contributed by atoms with E-state index in [1.54, 1.807) is 7.11 Å². The van der Waals surface area contributed by atoms with Crippen LogP contribution in [0.15, 0.2) is 48.5 Å². The number of nitrogens with zero attached hydrogens (tertiary/aromatic N) is 3. The van der Waals surface area contributed by atoms with E-state index in [1.807, 2.05) is 24.3 Å². The summed E-state index contributed by atoms with van der Waals surface area (Å²) in [6.45, 7) is 6.39. The first kappa shape index (κ1) is 17.2. The number of anilines is 1. The maximum absolute atomic E-state index is 5.25. The van der Waals surface area contributed by atoms with E-state index < -0.39 is 0 Å². The van der Waals surface area contributed by atoms with E-state index in [1.165, 1.54) is 0 Å². The topological polar surface area (TPSA) is 38.2 Å². The summed E-state index contributed by atoms with van der Waals surface area (Å²) < 4.78 is 5.25. The summed E-state index contributed by atoms with van der Waals surface area (Å²) in [4.78, 5) is 2.34. The fourth-order valence-electron chi connectivity index (χ4n) is 3.15. The highest BCUT2D eigenvalue weighted by Gasteiger charge is 2.15. The number of hydrogen-bond acceptors (Lipinski definition) is 4. The summed E-state index contributed by atoms with van der Waals surface area (Å²) in [6, 6.07) is 16.4. The number of fused-ring (bicyclic) bond motifs is 1. The number of rotatable bonds is 7. The van der Waals surface area contributed by atoms with Gasteiger partial charge in [-0.25, -0.2) is 0 Å². The van der Waals surface area contributed by atoms with Crippen molar-refractivity contribution in [2.45, 2.75) is 26.7 Å². The zero-order chi connectivity index (χ0) is 17.6. The minimum absolute atomic E-state index is 0.842. The van der Waals surface area contributed by atoms with Gasteiger partial charge in [0.2, 0.25) is 0 Å². The van der Waals surface area contributed by atoms with Gasteiger partial charge < -0.3 is 9.64 Å². The second kappa shape index (κ2) is 7.97. The first-order valence-corrected chi connectivity index (χ1v) is 8.93. The third kappa shape index (κ3) is 3.58. The summed E-state index contributed by atoms with van der Waals surface area (Å²) in [5.74, 6) is 1.83. The van der Waals surface area contributed by atoms with E-state index in [0.717, 1.165) is 59.5 Å². The summed E-state index contributed by atoms with van der Waals surface area (Å²) in [5, 5.41) is 11.5. The third-order valence-corrected chi connectivity index (χ3v) is 4.32. The molecule has 1 aromatic heterocycles. The van der Waals surface area contributed by atoms with Crippen LogP contribution in [-0.4, -0.2) is 30.4 Å². The van der Waals surface area contributed by atoms with Crippen molar-refractivity contribution in [3.63, 3.8) is 0 Å². The summed E-state index contributed by atoms with van der Waals surface area (Å²) in [5.41, 5.74) is 1.96. The SMILES string of the molecule is CCCN(CCC)c1nnc(-c2ccc(OC)cc2)c2ccccc12. The Bertz CT molecular complexity index is 824. The van der Waals surface area contributed by atoms with E-state index in [0.29, 0.717) is 0 Å². The van der Waals surface area contributed by atoms with Gasteiger partial charge in [-0.15, -0.1) is 10.2 Å². The van der Waals surface area contributed by atoms with Gasteiger partial charge in [-0.2, -0.15) is 0 Å². The molecule has 2 aromatic carbocycles. The number of benzene rings is 2. The maximum Gasteiger partial charge on any atom is 0.159 e. The second-order valence-electron chi connectivity index (χ2n) is 6.13. The predicted octanol–water partition coefficient (Wildman–Crippen LogP) is 4.93. The van der Waals surface area contributed by atoms with Crippen LogP contribution in [0.3, 0.4) is 0 Å². The molecular weight excluding hydrogens is 310 g/mol. The van der Waals surface area contributed by atoms with Crippen molar-refractivity contribution in [2.75, 3.05) is 25.1 Å². The lowest BCUT2D eigenvalue weighted by atomic mass is 10.0. The van der Waals surface area contributed by atoms with Crippen molar-refractivity contribution in [1.82, 2.24) is 10.2 Å². The smallest absolute Gasteiger partial charge is 0.159 e. The van der Waals surface area contributed by atoms with E-state index in [9.17, 15) is 0 Å². The third-order valence-electron chi connectivity index (χ3n) is 4.32. The van der Waals surface area contributed by atoms with Crippen LogP contribution in [0, 0.1) is 0 Å². The average Bonchev–Trinajstić information content (AvgIpc) is 2.67. The molecule has 0 fully saturated rings. The fraction of sp³-hybridized carbons (Fsp3) is 0.333. The minimum atomic E-state index is 0.842. The second-order valence-corrected chi connectivity index (χ2v) is 6.13. The van der Waals surface area contributed by atoms with Gasteiger partial charge in [0.1, 0.15) is 11.4 Å². The summed E-state index contributed by atoms with van der Waals surface area (Å²) >= 11 is 0. The van der Waals surface area contributed by atoms with Gasteiger partial charge in [0.05, 0.1) is 7.11 Å². The molecule has 0 atom stereocenters. The van der Waals surface area contributed by atoms with Crippen molar-refractivity contribution in [3.8, 4) is 17.0 Å². The van der Waals surface area contributed by atoms with Crippen molar-refractivity contribution < 1.29 is 4.74 Å². The zero-order valence-electron chi connectivity index (χ0n) is 15.2. The van der Waals surface area contributed by atoms with Crippen molar-refractivity contribution in [3.05, 3.63) is 48.5 Å². The predicted molar refractivity (Wildman–Crippen MR) is 104 cm³/mol. The largest absolute Gasteiger partial charge is 0.497 e. The Labute approximate surface area is 149 Å². The minimum Gasteiger partial charge on any atom is -0.497 e. The summed E-state index contributed by atoms with van der Waals surface area (Å²) in [6.07, 6.45) is 2.19. The number of aromatic nitrogens is 2. The van der Waals surface area contributed by atoms with E-state index in [-0.39, 0.29) is 0 Å². The molecule has 3 rings (SSSR count). The molecule has 0 unspecified atom stereocenters. The maximum atomic E-state index is 5.25. The fourth-order valence-corrected chi connectivity index (χ4v) is 3.15. The van der Waals surface area contributed by atoms with E-state index >= 15 is 0 Å². The van der Waals surface area contributed by atoms with Crippen LogP contribution in [0.2, 0.25) is 0 Å². The average molecular weight is 335 g/mol. The van der Waals surface area contributed by atoms with Crippen LogP contribution in [-0.2, 0) is 0 Å². The highest BCUT2D eigenvalue weighted by atomic mass is 16.5.